The third-order valence-corrected chi connectivity index (χ3v) is 3.84. The number of nitrogens with zero attached hydrogens (tertiary/aromatic N) is 3. The second-order valence-corrected chi connectivity index (χ2v) is 5.11. The van der Waals surface area contributed by atoms with E-state index in [0.717, 1.165) is 38.5 Å². The zero-order chi connectivity index (χ0) is 11.7. The highest BCUT2D eigenvalue weighted by atomic mass is 15.3. The maximum absolute atomic E-state index is 4.80. The van der Waals surface area contributed by atoms with Crippen molar-refractivity contribution in [1.29, 1.82) is 0 Å². The molecule has 1 saturated heterocycles. The summed E-state index contributed by atoms with van der Waals surface area (Å²) in [6, 6.07) is 0. The second kappa shape index (κ2) is 4.61. The molecule has 0 amide bonds. The fraction of sp³-hybridized carbons (Fsp3) is 0.692. The first-order valence-electron chi connectivity index (χ1n) is 6.66. The molecule has 4 heteroatoms. The molecule has 1 aliphatic carbocycles. The van der Waals surface area contributed by atoms with E-state index in [0.29, 0.717) is 5.92 Å². The number of anilines is 1. The predicted molar refractivity (Wildman–Crippen MR) is 68.5 cm³/mol. The Morgan fingerprint density at radius 2 is 2.18 bits per heavy atom. The van der Waals surface area contributed by atoms with Crippen LogP contribution in [0.15, 0.2) is 6.20 Å². The molecule has 3 rings (SSSR count). The van der Waals surface area contributed by atoms with Gasteiger partial charge in [0.2, 0.25) is 5.95 Å². The van der Waals surface area contributed by atoms with Crippen LogP contribution in [0.2, 0.25) is 0 Å². The molecule has 1 N–H and O–H groups in total. The van der Waals surface area contributed by atoms with Gasteiger partial charge in [0, 0.05) is 32.4 Å². The van der Waals surface area contributed by atoms with E-state index in [1.54, 1.807) is 0 Å². The lowest BCUT2D eigenvalue weighted by Crippen LogP contribution is -2.44. The maximum Gasteiger partial charge on any atom is 0.225 e. The summed E-state index contributed by atoms with van der Waals surface area (Å²) in [5.74, 6) is 1.53. The highest BCUT2D eigenvalue weighted by molar-refractivity contribution is 5.36. The van der Waals surface area contributed by atoms with Gasteiger partial charge < -0.3 is 10.2 Å². The minimum Gasteiger partial charge on any atom is -0.338 e. The van der Waals surface area contributed by atoms with Crippen LogP contribution < -0.4 is 10.2 Å². The molecule has 0 spiro atoms. The normalized spacial score (nSPS) is 24.5. The van der Waals surface area contributed by atoms with Crippen LogP contribution in [0.3, 0.4) is 0 Å². The fourth-order valence-electron chi connectivity index (χ4n) is 2.78. The Bertz CT molecular complexity index is 398. The molecular weight excluding hydrogens is 212 g/mol. The SMILES string of the molecule is CC1CCCc2cnc(N3CCNCC3)nc21. The number of rotatable bonds is 1. The molecule has 1 fully saturated rings. The van der Waals surface area contributed by atoms with Crippen molar-refractivity contribution in [3.63, 3.8) is 0 Å². The summed E-state index contributed by atoms with van der Waals surface area (Å²) >= 11 is 0. The number of hydrogen-bond acceptors (Lipinski definition) is 4. The molecule has 92 valence electrons. The molecule has 17 heavy (non-hydrogen) atoms. The van der Waals surface area contributed by atoms with E-state index in [-0.39, 0.29) is 0 Å². The summed E-state index contributed by atoms with van der Waals surface area (Å²) in [5.41, 5.74) is 2.66. The van der Waals surface area contributed by atoms with Gasteiger partial charge in [-0.2, -0.15) is 0 Å². The van der Waals surface area contributed by atoms with Gasteiger partial charge in [-0.25, -0.2) is 9.97 Å². The fourth-order valence-corrected chi connectivity index (χ4v) is 2.78. The molecule has 1 atom stereocenters. The Morgan fingerprint density at radius 1 is 1.35 bits per heavy atom. The molecular formula is C13H20N4. The summed E-state index contributed by atoms with van der Waals surface area (Å²) in [6.07, 6.45) is 5.76. The lowest BCUT2D eigenvalue weighted by Gasteiger charge is -2.29. The van der Waals surface area contributed by atoms with Crippen LogP contribution in [-0.4, -0.2) is 36.1 Å². The zero-order valence-corrected chi connectivity index (χ0v) is 10.4. The topological polar surface area (TPSA) is 41.1 Å². The Kier molecular flexibility index (Phi) is 2.97. The first-order valence-corrected chi connectivity index (χ1v) is 6.66. The summed E-state index contributed by atoms with van der Waals surface area (Å²) in [7, 11) is 0. The first-order chi connectivity index (χ1) is 8.34. The van der Waals surface area contributed by atoms with Gasteiger partial charge in [-0.15, -0.1) is 0 Å². The zero-order valence-electron chi connectivity index (χ0n) is 10.4. The molecule has 0 saturated carbocycles. The summed E-state index contributed by atoms with van der Waals surface area (Å²) in [5, 5.41) is 3.36. The predicted octanol–water partition coefficient (Wildman–Crippen LogP) is 1.33. The van der Waals surface area contributed by atoms with Crippen LogP contribution in [0.4, 0.5) is 5.95 Å². The van der Waals surface area contributed by atoms with Crippen LogP contribution in [0.25, 0.3) is 0 Å². The van der Waals surface area contributed by atoms with Crippen LogP contribution in [-0.2, 0) is 6.42 Å². The third-order valence-electron chi connectivity index (χ3n) is 3.84. The second-order valence-electron chi connectivity index (χ2n) is 5.11. The van der Waals surface area contributed by atoms with E-state index < -0.39 is 0 Å². The van der Waals surface area contributed by atoms with Gasteiger partial charge in [0.15, 0.2) is 0 Å². The molecule has 1 aromatic rings. The number of nitrogens with one attached hydrogen (secondary N) is 1. The standard InChI is InChI=1S/C13H20N4/c1-10-3-2-4-11-9-15-13(16-12(10)11)17-7-5-14-6-8-17/h9-10,14H,2-8H2,1H3. The van der Waals surface area contributed by atoms with Gasteiger partial charge in [-0.1, -0.05) is 6.92 Å². The van der Waals surface area contributed by atoms with Crippen molar-refractivity contribution in [2.45, 2.75) is 32.1 Å². The quantitative estimate of drug-likeness (QED) is 0.793. The summed E-state index contributed by atoms with van der Waals surface area (Å²) in [4.78, 5) is 11.6. The van der Waals surface area contributed by atoms with Gasteiger partial charge in [0.05, 0.1) is 5.69 Å². The van der Waals surface area contributed by atoms with E-state index in [4.69, 9.17) is 4.98 Å². The highest BCUT2D eigenvalue weighted by Gasteiger charge is 2.21. The van der Waals surface area contributed by atoms with Crippen LogP contribution in [0, 0.1) is 0 Å². The average molecular weight is 232 g/mol. The van der Waals surface area contributed by atoms with E-state index >= 15 is 0 Å². The lowest BCUT2D eigenvalue weighted by atomic mass is 9.89. The first kappa shape index (κ1) is 11.0. The van der Waals surface area contributed by atoms with Crippen molar-refractivity contribution in [3.8, 4) is 0 Å². The Balaban J connectivity index is 1.88. The minimum atomic E-state index is 0.600. The van der Waals surface area contributed by atoms with Crippen molar-refractivity contribution in [2.75, 3.05) is 31.1 Å². The number of fused-ring (bicyclic) bond motifs is 1. The highest BCUT2D eigenvalue weighted by Crippen LogP contribution is 2.30. The van der Waals surface area contributed by atoms with Gasteiger partial charge in [-0.05, 0) is 30.7 Å². The monoisotopic (exact) mass is 232 g/mol. The van der Waals surface area contributed by atoms with Crippen molar-refractivity contribution in [3.05, 3.63) is 17.5 Å². The van der Waals surface area contributed by atoms with Crippen LogP contribution in [0.1, 0.15) is 36.9 Å². The van der Waals surface area contributed by atoms with Gasteiger partial charge in [0.1, 0.15) is 0 Å². The molecule has 1 aromatic heterocycles. The molecule has 0 aromatic carbocycles. The van der Waals surface area contributed by atoms with Gasteiger partial charge in [-0.3, -0.25) is 0 Å². The Labute approximate surface area is 102 Å². The summed E-state index contributed by atoms with van der Waals surface area (Å²) < 4.78 is 0. The van der Waals surface area contributed by atoms with Crippen LogP contribution in [0.5, 0.6) is 0 Å². The van der Waals surface area contributed by atoms with Crippen LogP contribution >= 0.6 is 0 Å². The minimum absolute atomic E-state index is 0.600. The lowest BCUT2D eigenvalue weighted by molar-refractivity contribution is 0.554. The smallest absolute Gasteiger partial charge is 0.225 e. The maximum atomic E-state index is 4.80. The van der Waals surface area contributed by atoms with E-state index in [1.165, 1.54) is 24.1 Å². The molecule has 2 aliphatic rings. The van der Waals surface area contributed by atoms with E-state index in [9.17, 15) is 0 Å². The summed E-state index contributed by atoms with van der Waals surface area (Å²) in [6.45, 7) is 6.40. The van der Waals surface area contributed by atoms with E-state index in [2.05, 4.69) is 28.3 Å². The Morgan fingerprint density at radius 3 is 3.00 bits per heavy atom. The molecule has 2 heterocycles. The van der Waals surface area contributed by atoms with Gasteiger partial charge in [0.25, 0.3) is 0 Å². The van der Waals surface area contributed by atoms with Crippen molar-refractivity contribution >= 4 is 5.95 Å². The number of piperazine rings is 1. The number of hydrogen-bond donors (Lipinski definition) is 1. The number of aromatic nitrogens is 2. The third kappa shape index (κ3) is 2.14. The number of aryl methyl sites for hydroxylation is 1. The molecule has 1 aliphatic heterocycles. The van der Waals surface area contributed by atoms with Crippen molar-refractivity contribution in [2.24, 2.45) is 0 Å². The Hall–Kier alpha value is -1.16. The molecule has 0 bridgehead atoms. The average Bonchev–Trinajstić information content (AvgIpc) is 2.40. The van der Waals surface area contributed by atoms with Crippen molar-refractivity contribution < 1.29 is 0 Å². The molecule has 1 unspecified atom stereocenters. The van der Waals surface area contributed by atoms with Crippen molar-refractivity contribution in [1.82, 2.24) is 15.3 Å². The molecule has 0 radical (unpaired) electrons. The largest absolute Gasteiger partial charge is 0.338 e. The van der Waals surface area contributed by atoms with Gasteiger partial charge >= 0.3 is 0 Å². The molecule has 4 nitrogen and oxygen atoms in total. The van der Waals surface area contributed by atoms with E-state index in [1.807, 2.05) is 0 Å².